The van der Waals surface area contributed by atoms with Crippen molar-refractivity contribution in [1.29, 1.82) is 0 Å². The molecular weight excluding hydrogens is 817 g/mol. The fraction of sp³-hybridized carbons (Fsp3) is 0.500. The Morgan fingerprint density at radius 1 is 0.938 bits per heavy atom. The molecule has 4 N–H and O–H groups in total. The lowest BCUT2D eigenvalue weighted by atomic mass is 9.90. The van der Waals surface area contributed by atoms with Crippen LogP contribution in [0.2, 0.25) is 0 Å². The third kappa shape index (κ3) is 8.12. The maximum Gasteiger partial charge on any atom is 0.407 e. The molecule has 0 radical (unpaired) electrons. The van der Waals surface area contributed by atoms with Gasteiger partial charge in [0.25, 0.3) is 0 Å². The van der Waals surface area contributed by atoms with Gasteiger partial charge in [-0.05, 0) is 110 Å². The second-order valence-corrected chi connectivity index (χ2v) is 18.3. The van der Waals surface area contributed by atoms with Gasteiger partial charge in [-0.25, -0.2) is 19.6 Å². The predicted octanol–water partition coefficient (Wildman–Crippen LogP) is 7.55. The van der Waals surface area contributed by atoms with Crippen LogP contribution in [0, 0.1) is 17.8 Å². The van der Waals surface area contributed by atoms with Gasteiger partial charge in [-0.1, -0.05) is 39.0 Å². The van der Waals surface area contributed by atoms with Crippen molar-refractivity contribution in [2.24, 2.45) is 17.8 Å². The molecule has 6 heterocycles. The molecule has 5 aromatic rings. The molecule has 4 amide bonds. The van der Waals surface area contributed by atoms with Gasteiger partial charge in [0.15, 0.2) is 0 Å². The summed E-state index contributed by atoms with van der Waals surface area (Å²) in [5.41, 5.74) is 6.56. The molecule has 9 rings (SSSR count). The minimum absolute atomic E-state index is 0.0159. The van der Waals surface area contributed by atoms with E-state index in [-0.39, 0.29) is 41.7 Å². The van der Waals surface area contributed by atoms with Crippen molar-refractivity contribution < 1.29 is 38.1 Å². The van der Waals surface area contributed by atoms with Crippen LogP contribution in [0.1, 0.15) is 95.5 Å². The van der Waals surface area contributed by atoms with Crippen LogP contribution in [0.15, 0.2) is 48.7 Å². The summed E-state index contributed by atoms with van der Waals surface area (Å²) in [6.45, 7) is 10.0. The number of fused-ring (bicyclic) bond motifs is 7. The Kier molecular flexibility index (Phi) is 12.0. The molecule has 3 aromatic carbocycles. The first-order chi connectivity index (χ1) is 30.9. The maximum atomic E-state index is 14.3. The number of alkyl carbamates (subject to hydrolysis) is 2. The molecule has 338 valence electrons. The number of hydrogen-bond donors (Lipinski definition) is 4. The molecule has 3 fully saturated rings. The van der Waals surface area contributed by atoms with Gasteiger partial charge in [0.1, 0.15) is 36.1 Å². The normalized spacial score (nSPS) is 21.9. The Bertz CT molecular complexity index is 2580. The maximum absolute atomic E-state index is 14.3. The summed E-state index contributed by atoms with van der Waals surface area (Å²) in [5, 5.41) is 7.60. The van der Waals surface area contributed by atoms with Crippen LogP contribution < -0.4 is 15.4 Å². The summed E-state index contributed by atoms with van der Waals surface area (Å²) in [5.74, 6) is 1.98. The minimum atomic E-state index is -0.747. The SMILES string of the molecule is COC(=O)NC1C(=O)N2C(CCC1C)CCC2c1nc2c(ccc3cc4c(cc32)OCc2cc(-c3cnc(C(C)N(CC(C)C)C(=O)C(NC(=O)OC)C5CCOCC5)[nH]3)ccc2-4)[nH]1. The number of nitrogens with zero attached hydrogens (tertiary/aromatic N) is 4. The molecular formula is C48H58N8O8. The van der Waals surface area contributed by atoms with Gasteiger partial charge in [0.05, 0.1) is 49.2 Å². The summed E-state index contributed by atoms with van der Waals surface area (Å²) in [6.07, 6.45) is 5.26. The molecule has 2 aromatic heterocycles. The minimum Gasteiger partial charge on any atom is -0.488 e. The number of amides is 4. The summed E-state index contributed by atoms with van der Waals surface area (Å²) < 4.78 is 21.8. The van der Waals surface area contributed by atoms with Gasteiger partial charge in [-0.15, -0.1) is 0 Å². The Balaban J connectivity index is 0.961. The molecule has 0 saturated carbocycles. The van der Waals surface area contributed by atoms with E-state index in [4.69, 9.17) is 28.9 Å². The summed E-state index contributed by atoms with van der Waals surface area (Å²) in [7, 11) is 2.62. The van der Waals surface area contributed by atoms with E-state index in [1.165, 1.54) is 14.2 Å². The number of benzene rings is 3. The van der Waals surface area contributed by atoms with E-state index >= 15 is 0 Å². The highest BCUT2D eigenvalue weighted by Crippen LogP contribution is 2.45. The molecule has 64 heavy (non-hydrogen) atoms. The number of ether oxygens (including phenoxy) is 4. The van der Waals surface area contributed by atoms with Crippen LogP contribution in [-0.2, 0) is 30.4 Å². The zero-order valence-electron chi connectivity index (χ0n) is 37.4. The molecule has 16 nitrogen and oxygen atoms in total. The van der Waals surface area contributed by atoms with Crippen molar-refractivity contribution in [3.63, 3.8) is 0 Å². The third-order valence-corrected chi connectivity index (χ3v) is 13.8. The summed E-state index contributed by atoms with van der Waals surface area (Å²) >= 11 is 0. The number of carbonyl (C=O) groups is 4. The molecule has 6 atom stereocenters. The Hall–Kier alpha value is -6.16. The van der Waals surface area contributed by atoms with Gasteiger partial charge in [-0.3, -0.25) is 9.59 Å². The van der Waals surface area contributed by atoms with Crippen molar-refractivity contribution in [3.8, 4) is 28.1 Å². The third-order valence-electron chi connectivity index (χ3n) is 13.8. The largest absolute Gasteiger partial charge is 0.488 e. The van der Waals surface area contributed by atoms with Crippen LogP contribution in [0.4, 0.5) is 9.59 Å². The highest BCUT2D eigenvalue weighted by Gasteiger charge is 2.46. The lowest BCUT2D eigenvalue weighted by Crippen LogP contribution is -2.54. The first-order valence-corrected chi connectivity index (χ1v) is 22.6. The lowest BCUT2D eigenvalue weighted by molar-refractivity contribution is -0.139. The predicted molar refractivity (Wildman–Crippen MR) is 239 cm³/mol. The van der Waals surface area contributed by atoms with Crippen molar-refractivity contribution in [2.75, 3.05) is 34.0 Å². The number of aromatic amines is 2. The number of aromatic nitrogens is 4. The van der Waals surface area contributed by atoms with Crippen molar-refractivity contribution in [3.05, 3.63) is 65.9 Å². The van der Waals surface area contributed by atoms with E-state index in [1.54, 1.807) is 6.20 Å². The average Bonchev–Trinajstić information content (AvgIpc) is 4.07. The second-order valence-electron chi connectivity index (χ2n) is 18.3. The molecule has 3 saturated heterocycles. The lowest BCUT2D eigenvalue weighted by Gasteiger charge is -2.36. The Morgan fingerprint density at radius 2 is 1.72 bits per heavy atom. The van der Waals surface area contributed by atoms with Gasteiger partial charge < -0.3 is 49.3 Å². The monoisotopic (exact) mass is 874 g/mol. The van der Waals surface area contributed by atoms with Crippen LogP contribution in [0.3, 0.4) is 0 Å². The van der Waals surface area contributed by atoms with E-state index in [0.29, 0.717) is 45.0 Å². The van der Waals surface area contributed by atoms with Crippen LogP contribution in [-0.4, -0.2) is 106 Å². The number of hydrogen-bond acceptors (Lipinski definition) is 10. The number of carbonyl (C=O) groups excluding carboxylic acids is 4. The average molecular weight is 875 g/mol. The first kappa shape index (κ1) is 43.1. The number of imidazole rings is 2. The second kappa shape index (κ2) is 17.8. The number of nitrogens with one attached hydrogen (secondary N) is 4. The number of methoxy groups -OCH3 is 2. The molecule has 0 aliphatic carbocycles. The molecule has 0 bridgehead atoms. The van der Waals surface area contributed by atoms with Crippen molar-refractivity contribution >= 4 is 45.8 Å². The van der Waals surface area contributed by atoms with Gasteiger partial charge >= 0.3 is 12.2 Å². The molecule has 0 spiro atoms. The van der Waals surface area contributed by atoms with E-state index < -0.39 is 30.3 Å². The van der Waals surface area contributed by atoms with Crippen LogP contribution >= 0.6 is 0 Å². The topological polar surface area (TPSA) is 193 Å². The van der Waals surface area contributed by atoms with E-state index in [2.05, 4.69) is 70.8 Å². The van der Waals surface area contributed by atoms with Crippen LogP contribution in [0.25, 0.3) is 44.2 Å². The van der Waals surface area contributed by atoms with Crippen molar-refractivity contribution in [1.82, 2.24) is 40.4 Å². The van der Waals surface area contributed by atoms with E-state index in [0.717, 1.165) is 87.0 Å². The molecule has 6 unspecified atom stereocenters. The zero-order chi connectivity index (χ0) is 44.8. The quantitative estimate of drug-likeness (QED) is 0.109. The van der Waals surface area contributed by atoms with Gasteiger partial charge in [0, 0.05) is 36.8 Å². The fourth-order valence-corrected chi connectivity index (χ4v) is 10.3. The van der Waals surface area contributed by atoms with Gasteiger partial charge in [-0.2, -0.15) is 0 Å². The zero-order valence-corrected chi connectivity index (χ0v) is 37.4. The van der Waals surface area contributed by atoms with E-state index in [1.807, 2.05) is 29.7 Å². The highest BCUT2D eigenvalue weighted by atomic mass is 16.5. The molecule has 4 aliphatic heterocycles. The number of H-pyrrole nitrogens is 2. The summed E-state index contributed by atoms with van der Waals surface area (Å²) in [4.78, 5) is 73.8. The van der Waals surface area contributed by atoms with Gasteiger partial charge in [0.2, 0.25) is 11.8 Å². The number of rotatable bonds is 10. The summed E-state index contributed by atoms with van der Waals surface area (Å²) in [6, 6.07) is 12.7. The van der Waals surface area contributed by atoms with Crippen molar-refractivity contribution in [2.45, 2.75) is 103 Å². The molecule has 16 heteroatoms. The van der Waals surface area contributed by atoms with Crippen LogP contribution in [0.5, 0.6) is 5.75 Å². The Morgan fingerprint density at radius 3 is 2.48 bits per heavy atom. The van der Waals surface area contributed by atoms with E-state index in [9.17, 15) is 19.2 Å². The standard InChI is InChI=1S/C48H58N8O8/c1-25(2)23-55(45(57)41(54-48(60)62-6)28-15-17-63-18-16-28)27(4)43-49-22-37(51-43)30-8-12-33-31(19-30)24-64-39-21-34-29(20-35(33)39)9-13-36-42(34)52-44(50-36)38-14-11-32-10-7-26(3)40(46(58)56(32)38)53-47(59)61-5/h8-9,12-13,19-22,25-28,32,38,40-41H,7,10-11,14-18,23-24H2,1-6H3,(H,49,51)(H,50,52)(H,53,59)(H,54,60). The first-order valence-electron chi connectivity index (χ1n) is 22.6. The molecule has 4 aliphatic rings. The fourth-order valence-electron chi connectivity index (χ4n) is 10.3. The Labute approximate surface area is 372 Å². The smallest absolute Gasteiger partial charge is 0.407 e. The highest BCUT2D eigenvalue weighted by molar-refractivity contribution is 6.07.